The second-order valence-electron chi connectivity index (χ2n) is 20.7. The number of esters is 2. The van der Waals surface area contributed by atoms with Crippen LogP contribution in [0.2, 0.25) is 0 Å². The highest BCUT2D eigenvalue weighted by Gasteiger charge is 2.18. The average molecular weight is 904 g/mol. The Labute approximate surface area is 403 Å². The van der Waals surface area contributed by atoms with Crippen molar-refractivity contribution < 1.29 is 19.1 Å². The van der Waals surface area contributed by atoms with Gasteiger partial charge < -0.3 is 9.47 Å². The Morgan fingerprint density at radius 3 is 0.547 bits per heavy atom. The highest BCUT2D eigenvalue weighted by atomic mass is 16.7. The second-order valence-corrected chi connectivity index (χ2v) is 20.7. The zero-order chi connectivity index (χ0) is 46.3. The largest absolute Gasteiger partial charge is 0.425 e. The molecule has 382 valence electrons. The van der Waals surface area contributed by atoms with Crippen LogP contribution in [-0.2, 0) is 19.1 Å². The lowest BCUT2D eigenvalue weighted by atomic mass is 10.0. The summed E-state index contributed by atoms with van der Waals surface area (Å²) in [5.41, 5.74) is 0. The molecule has 0 unspecified atom stereocenters. The lowest BCUT2D eigenvalue weighted by molar-refractivity contribution is -0.189. The molecule has 64 heavy (non-hydrogen) atoms. The maximum Gasteiger partial charge on any atom is 0.308 e. The Morgan fingerprint density at radius 1 is 0.234 bits per heavy atom. The first kappa shape index (κ1) is 62.9. The molecule has 0 aliphatic carbocycles. The summed E-state index contributed by atoms with van der Waals surface area (Å²) in [6, 6.07) is 0. The predicted octanol–water partition coefficient (Wildman–Crippen LogP) is 21.5. The molecular weight excluding hydrogens is 785 g/mol. The van der Waals surface area contributed by atoms with Gasteiger partial charge in [0, 0.05) is 19.3 Å². The van der Waals surface area contributed by atoms with Gasteiger partial charge in [0.15, 0.2) is 0 Å². The fourth-order valence-corrected chi connectivity index (χ4v) is 9.61. The molecule has 0 bridgehead atoms. The smallest absolute Gasteiger partial charge is 0.308 e. The SMILES string of the molecule is CCCCCCCCCCCCCCCCCCCCCCCCCCCC(=O)OC(CCC)OC(=O)CCCCCCCCCCCCCCCCCCCCCCCCCCC. The Balaban J connectivity index is 3.47. The minimum atomic E-state index is -0.719. The van der Waals surface area contributed by atoms with Crippen LogP contribution >= 0.6 is 0 Å². The Morgan fingerprint density at radius 2 is 0.391 bits per heavy atom. The molecule has 0 aromatic heterocycles. The first-order chi connectivity index (χ1) is 31.6. The van der Waals surface area contributed by atoms with E-state index in [9.17, 15) is 9.59 Å². The molecular formula is C60H118O4. The monoisotopic (exact) mass is 903 g/mol. The van der Waals surface area contributed by atoms with Crippen LogP contribution in [-0.4, -0.2) is 18.2 Å². The van der Waals surface area contributed by atoms with Crippen molar-refractivity contribution in [3.8, 4) is 0 Å². The summed E-state index contributed by atoms with van der Waals surface area (Å²) in [5, 5.41) is 0. The van der Waals surface area contributed by atoms with E-state index in [2.05, 4.69) is 13.8 Å². The van der Waals surface area contributed by atoms with E-state index in [-0.39, 0.29) is 11.9 Å². The van der Waals surface area contributed by atoms with Crippen LogP contribution in [0.3, 0.4) is 0 Å². The van der Waals surface area contributed by atoms with Gasteiger partial charge in [-0.05, 0) is 19.3 Å². The van der Waals surface area contributed by atoms with Crippen molar-refractivity contribution in [2.24, 2.45) is 0 Å². The van der Waals surface area contributed by atoms with Crippen molar-refractivity contribution in [3.63, 3.8) is 0 Å². The third-order valence-corrected chi connectivity index (χ3v) is 14.0. The number of carbonyl (C=O) groups is 2. The summed E-state index contributed by atoms with van der Waals surface area (Å²) in [4.78, 5) is 25.0. The fourth-order valence-electron chi connectivity index (χ4n) is 9.61. The molecule has 0 fully saturated rings. The predicted molar refractivity (Wildman–Crippen MR) is 282 cm³/mol. The first-order valence-electron chi connectivity index (χ1n) is 30.0. The fraction of sp³-hybridized carbons (Fsp3) is 0.967. The highest BCUT2D eigenvalue weighted by molar-refractivity contribution is 5.71. The van der Waals surface area contributed by atoms with Crippen LogP contribution in [0.4, 0.5) is 0 Å². The Hall–Kier alpha value is -1.06. The number of carbonyl (C=O) groups excluding carboxylic acids is 2. The van der Waals surface area contributed by atoms with E-state index < -0.39 is 6.29 Å². The molecule has 0 aliphatic rings. The van der Waals surface area contributed by atoms with Crippen molar-refractivity contribution in [2.45, 2.75) is 374 Å². The lowest BCUT2D eigenvalue weighted by Crippen LogP contribution is -2.24. The van der Waals surface area contributed by atoms with Crippen molar-refractivity contribution in [2.75, 3.05) is 0 Å². The zero-order valence-electron chi connectivity index (χ0n) is 44.4. The number of rotatable bonds is 56. The normalized spacial score (nSPS) is 11.6. The molecule has 0 amide bonds. The molecule has 0 rings (SSSR count). The van der Waals surface area contributed by atoms with Crippen LogP contribution in [0.15, 0.2) is 0 Å². The van der Waals surface area contributed by atoms with E-state index in [0.29, 0.717) is 19.3 Å². The van der Waals surface area contributed by atoms with E-state index in [1.165, 1.54) is 295 Å². The first-order valence-corrected chi connectivity index (χ1v) is 30.0. The molecule has 0 atom stereocenters. The highest BCUT2D eigenvalue weighted by Crippen LogP contribution is 2.19. The van der Waals surface area contributed by atoms with Crippen LogP contribution in [0.25, 0.3) is 0 Å². The van der Waals surface area contributed by atoms with E-state index in [1.54, 1.807) is 0 Å². The molecule has 0 aromatic carbocycles. The molecule has 0 spiro atoms. The number of unbranched alkanes of at least 4 members (excludes halogenated alkanes) is 48. The summed E-state index contributed by atoms with van der Waals surface area (Å²) in [7, 11) is 0. The van der Waals surface area contributed by atoms with Crippen LogP contribution < -0.4 is 0 Å². The number of ether oxygens (including phenoxy) is 2. The number of hydrogen-bond donors (Lipinski definition) is 0. The van der Waals surface area contributed by atoms with Gasteiger partial charge in [-0.15, -0.1) is 0 Å². The molecule has 0 N–H and O–H groups in total. The van der Waals surface area contributed by atoms with Crippen LogP contribution in [0.5, 0.6) is 0 Å². The molecule has 0 saturated carbocycles. The van der Waals surface area contributed by atoms with Gasteiger partial charge in [-0.1, -0.05) is 329 Å². The standard InChI is InChI=1S/C60H118O4/c1-4-7-9-11-13-15-17-19-21-23-25-27-29-31-33-35-37-39-41-43-45-47-49-51-53-56-58(61)63-60(55-6-3)64-59(62)57-54-52-50-48-46-44-42-40-38-36-34-32-30-28-26-24-22-20-18-16-14-12-10-8-5-2/h60H,4-57H2,1-3H3. The number of hydrogen-bond acceptors (Lipinski definition) is 4. The van der Waals surface area contributed by atoms with Crippen molar-refractivity contribution in [3.05, 3.63) is 0 Å². The molecule has 4 heteroatoms. The molecule has 4 nitrogen and oxygen atoms in total. The summed E-state index contributed by atoms with van der Waals surface area (Å²) in [5.74, 6) is -0.435. The van der Waals surface area contributed by atoms with E-state index in [1.807, 2.05) is 6.92 Å². The summed E-state index contributed by atoms with van der Waals surface area (Å²) in [6.45, 7) is 6.64. The molecule has 0 heterocycles. The summed E-state index contributed by atoms with van der Waals surface area (Å²) in [6.07, 6.45) is 70.3. The summed E-state index contributed by atoms with van der Waals surface area (Å²) >= 11 is 0. The third-order valence-electron chi connectivity index (χ3n) is 14.0. The third kappa shape index (κ3) is 53.6. The minimum absolute atomic E-state index is 0.217. The van der Waals surface area contributed by atoms with Crippen LogP contribution in [0, 0.1) is 0 Å². The lowest BCUT2D eigenvalue weighted by Gasteiger charge is -2.18. The molecule has 0 radical (unpaired) electrons. The maximum absolute atomic E-state index is 12.5. The molecule has 0 aromatic rings. The molecule has 0 aliphatic heterocycles. The van der Waals surface area contributed by atoms with Gasteiger partial charge in [-0.3, -0.25) is 9.59 Å². The van der Waals surface area contributed by atoms with Gasteiger partial charge in [0.25, 0.3) is 0 Å². The topological polar surface area (TPSA) is 52.6 Å². The minimum Gasteiger partial charge on any atom is -0.425 e. The summed E-state index contributed by atoms with van der Waals surface area (Å²) < 4.78 is 11.2. The van der Waals surface area contributed by atoms with Crippen molar-refractivity contribution in [1.29, 1.82) is 0 Å². The Kier molecular flexibility index (Phi) is 55.3. The maximum atomic E-state index is 12.5. The van der Waals surface area contributed by atoms with Gasteiger partial charge in [0.1, 0.15) is 0 Å². The van der Waals surface area contributed by atoms with Crippen LogP contribution in [0.1, 0.15) is 367 Å². The van der Waals surface area contributed by atoms with Gasteiger partial charge in [-0.2, -0.15) is 0 Å². The zero-order valence-corrected chi connectivity index (χ0v) is 44.4. The van der Waals surface area contributed by atoms with Crippen molar-refractivity contribution in [1.82, 2.24) is 0 Å². The van der Waals surface area contributed by atoms with Gasteiger partial charge in [0.2, 0.25) is 6.29 Å². The molecule has 0 saturated heterocycles. The van der Waals surface area contributed by atoms with Gasteiger partial charge in [-0.25, -0.2) is 0 Å². The van der Waals surface area contributed by atoms with E-state index in [4.69, 9.17) is 9.47 Å². The second kappa shape index (κ2) is 56.3. The quantitative estimate of drug-likeness (QED) is 0.0347. The van der Waals surface area contributed by atoms with Gasteiger partial charge in [0.05, 0.1) is 0 Å². The van der Waals surface area contributed by atoms with Crippen molar-refractivity contribution >= 4 is 11.9 Å². The Bertz CT molecular complexity index is 819. The van der Waals surface area contributed by atoms with Gasteiger partial charge >= 0.3 is 11.9 Å². The average Bonchev–Trinajstić information content (AvgIpc) is 3.29. The van der Waals surface area contributed by atoms with E-state index in [0.717, 1.165) is 32.1 Å². The van der Waals surface area contributed by atoms with E-state index >= 15 is 0 Å².